The Morgan fingerprint density at radius 2 is 1.78 bits per heavy atom. The summed E-state index contributed by atoms with van der Waals surface area (Å²) in [6.07, 6.45) is 5.31. The molecule has 41 heavy (non-hydrogen) atoms. The van der Waals surface area contributed by atoms with Crippen LogP contribution in [0, 0.1) is 0 Å². The van der Waals surface area contributed by atoms with Crippen molar-refractivity contribution in [3.63, 3.8) is 0 Å². The van der Waals surface area contributed by atoms with E-state index in [9.17, 15) is 4.79 Å². The number of ether oxygens (including phenoxy) is 1. The van der Waals surface area contributed by atoms with E-state index in [0.29, 0.717) is 35.8 Å². The predicted octanol–water partition coefficient (Wildman–Crippen LogP) is 6.79. The minimum atomic E-state index is -0.195. The van der Waals surface area contributed by atoms with Crippen LogP contribution in [-0.2, 0) is 12.5 Å². The van der Waals surface area contributed by atoms with E-state index in [4.69, 9.17) is 9.72 Å². The number of amides is 1. The number of hydrogen-bond donors (Lipinski definition) is 2. The molecule has 1 aliphatic rings. The molecule has 0 saturated carbocycles. The molecule has 1 amide bonds. The van der Waals surface area contributed by atoms with Crippen molar-refractivity contribution >= 4 is 28.6 Å². The molecular weight excluding hydrogens is 512 g/mol. The number of pyridine rings is 1. The Morgan fingerprint density at radius 3 is 2.54 bits per heavy atom. The third-order valence-corrected chi connectivity index (χ3v) is 8.07. The van der Waals surface area contributed by atoms with Gasteiger partial charge in [0.15, 0.2) is 0 Å². The number of fused-ring (bicyclic) bond motifs is 1. The highest BCUT2D eigenvalue weighted by atomic mass is 16.5. The molecule has 2 aromatic carbocycles. The van der Waals surface area contributed by atoms with Crippen LogP contribution in [0.5, 0.6) is 11.5 Å². The predicted molar refractivity (Wildman–Crippen MR) is 165 cm³/mol. The van der Waals surface area contributed by atoms with Gasteiger partial charge in [0.05, 0.1) is 11.0 Å². The number of nitrogens with one attached hydrogen (secondary N) is 2. The number of hydrogen-bond acceptors (Lipinski definition) is 6. The second-order valence-corrected chi connectivity index (χ2v) is 12.2. The largest absolute Gasteiger partial charge is 0.457 e. The van der Waals surface area contributed by atoms with Gasteiger partial charge in [0, 0.05) is 56.2 Å². The number of aryl methyl sites for hydroxylation is 1. The summed E-state index contributed by atoms with van der Waals surface area (Å²) >= 11 is 0. The van der Waals surface area contributed by atoms with Gasteiger partial charge < -0.3 is 19.9 Å². The van der Waals surface area contributed by atoms with E-state index in [1.807, 2.05) is 29.8 Å². The lowest BCUT2D eigenvalue weighted by atomic mass is 9.87. The molecule has 0 bridgehead atoms. The number of nitrogens with zero attached hydrogens (tertiary/aromatic N) is 4. The lowest BCUT2D eigenvalue weighted by Crippen LogP contribution is -2.47. The standard InChI is InChI=1S/C33H42N6O2/c1-22-9-7-10-23(2)39(22)18-17-35-31(40)29-21-27(15-16-34-29)41-26-13-14-30-28(20-26)37-32(38(30)6)36-25-12-8-11-24(19-25)33(3,4)5/h8,11-16,19-23H,7,9-10,17-18H2,1-6H3,(H,35,40)(H,36,37). The average molecular weight is 555 g/mol. The van der Waals surface area contributed by atoms with Gasteiger partial charge in [-0.1, -0.05) is 39.3 Å². The van der Waals surface area contributed by atoms with Crippen molar-refractivity contribution in [3.8, 4) is 11.5 Å². The summed E-state index contributed by atoms with van der Waals surface area (Å²) < 4.78 is 8.16. The molecule has 3 heterocycles. The van der Waals surface area contributed by atoms with Gasteiger partial charge in [0.2, 0.25) is 5.95 Å². The Bertz CT molecular complexity index is 1510. The monoisotopic (exact) mass is 554 g/mol. The Kier molecular flexibility index (Phi) is 8.31. The zero-order chi connectivity index (χ0) is 29.1. The molecule has 4 aromatic rings. The van der Waals surface area contributed by atoms with E-state index in [1.54, 1.807) is 18.3 Å². The highest BCUT2D eigenvalue weighted by molar-refractivity contribution is 5.92. The van der Waals surface area contributed by atoms with Gasteiger partial charge in [0.1, 0.15) is 17.2 Å². The van der Waals surface area contributed by atoms with Crippen LogP contribution in [0.2, 0.25) is 0 Å². The molecule has 2 N–H and O–H groups in total. The van der Waals surface area contributed by atoms with Gasteiger partial charge in [-0.2, -0.15) is 0 Å². The van der Waals surface area contributed by atoms with Gasteiger partial charge in [-0.15, -0.1) is 0 Å². The van der Waals surface area contributed by atoms with Gasteiger partial charge in [0.25, 0.3) is 5.91 Å². The Morgan fingerprint density at radius 1 is 1.02 bits per heavy atom. The normalized spacial score (nSPS) is 17.9. The molecule has 0 spiro atoms. The number of anilines is 2. The van der Waals surface area contributed by atoms with Crippen molar-refractivity contribution in [2.45, 2.75) is 71.4 Å². The number of aromatic nitrogens is 3. The van der Waals surface area contributed by atoms with Crippen LogP contribution in [0.4, 0.5) is 11.6 Å². The lowest BCUT2D eigenvalue weighted by molar-refractivity contribution is 0.0885. The zero-order valence-electron chi connectivity index (χ0n) is 25.1. The van der Waals surface area contributed by atoms with Crippen LogP contribution in [0.3, 0.4) is 0 Å². The van der Waals surface area contributed by atoms with E-state index >= 15 is 0 Å². The molecule has 8 heteroatoms. The average Bonchev–Trinajstić information content (AvgIpc) is 3.24. The van der Waals surface area contributed by atoms with Gasteiger partial charge in [-0.3, -0.25) is 14.7 Å². The second-order valence-electron chi connectivity index (χ2n) is 12.2. The van der Waals surface area contributed by atoms with Crippen molar-refractivity contribution in [2.24, 2.45) is 7.05 Å². The van der Waals surface area contributed by atoms with Crippen molar-refractivity contribution in [1.29, 1.82) is 0 Å². The maximum Gasteiger partial charge on any atom is 0.270 e. The molecule has 2 atom stereocenters. The van der Waals surface area contributed by atoms with Crippen LogP contribution in [0.1, 0.15) is 69.9 Å². The SMILES string of the molecule is CC1CCCC(C)N1CCNC(=O)c1cc(Oc2ccc3c(c2)nc(Nc2cccc(C(C)(C)C)c2)n3C)ccn1. The molecule has 1 saturated heterocycles. The third kappa shape index (κ3) is 6.70. The molecule has 8 nitrogen and oxygen atoms in total. The number of benzene rings is 2. The number of carbonyl (C=O) groups excluding carboxylic acids is 1. The van der Waals surface area contributed by atoms with Crippen molar-refractivity contribution in [2.75, 3.05) is 18.4 Å². The van der Waals surface area contributed by atoms with E-state index in [2.05, 4.69) is 79.4 Å². The minimum absolute atomic E-state index is 0.0638. The van der Waals surface area contributed by atoms with E-state index < -0.39 is 0 Å². The maximum absolute atomic E-state index is 12.8. The molecule has 0 aliphatic carbocycles. The Balaban J connectivity index is 1.24. The third-order valence-electron chi connectivity index (χ3n) is 8.07. The van der Waals surface area contributed by atoms with E-state index in [1.165, 1.54) is 24.8 Å². The maximum atomic E-state index is 12.8. The van der Waals surface area contributed by atoms with Gasteiger partial charge >= 0.3 is 0 Å². The second kappa shape index (κ2) is 11.9. The van der Waals surface area contributed by atoms with E-state index in [-0.39, 0.29) is 11.3 Å². The molecule has 1 aliphatic heterocycles. The zero-order valence-corrected chi connectivity index (χ0v) is 25.1. The van der Waals surface area contributed by atoms with Crippen LogP contribution in [-0.4, -0.2) is 50.5 Å². The van der Waals surface area contributed by atoms with Gasteiger partial charge in [-0.05, 0) is 68.0 Å². The van der Waals surface area contributed by atoms with E-state index in [0.717, 1.165) is 29.2 Å². The summed E-state index contributed by atoms with van der Waals surface area (Å²) in [5.74, 6) is 1.75. The molecule has 2 aromatic heterocycles. The van der Waals surface area contributed by atoms with Crippen LogP contribution >= 0.6 is 0 Å². The quantitative estimate of drug-likeness (QED) is 0.249. The lowest BCUT2D eigenvalue weighted by Gasteiger charge is -2.39. The number of piperidine rings is 1. The number of likely N-dealkylation sites (tertiary alicyclic amines) is 1. The Hall–Kier alpha value is -3.91. The summed E-state index contributed by atoms with van der Waals surface area (Å²) in [4.78, 5) is 24.4. The van der Waals surface area contributed by atoms with Crippen molar-refractivity contribution < 1.29 is 9.53 Å². The molecular formula is C33H42N6O2. The van der Waals surface area contributed by atoms with Gasteiger partial charge in [-0.25, -0.2) is 4.98 Å². The molecule has 5 rings (SSSR count). The van der Waals surface area contributed by atoms with Crippen LogP contribution in [0.25, 0.3) is 11.0 Å². The highest BCUT2D eigenvalue weighted by Crippen LogP contribution is 2.30. The highest BCUT2D eigenvalue weighted by Gasteiger charge is 2.24. The first-order chi connectivity index (χ1) is 19.6. The number of carbonyl (C=O) groups is 1. The van der Waals surface area contributed by atoms with Crippen molar-refractivity contribution in [1.82, 2.24) is 24.8 Å². The first-order valence-corrected chi connectivity index (χ1v) is 14.6. The minimum Gasteiger partial charge on any atom is -0.457 e. The summed E-state index contributed by atoms with van der Waals surface area (Å²) in [5, 5.41) is 6.49. The number of rotatable bonds is 8. The van der Waals surface area contributed by atoms with Crippen molar-refractivity contribution in [3.05, 3.63) is 72.1 Å². The summed E-state index contributed by atoms with van der Waals surface area (Å²) in [6, 6.07) is 18.8. The summed E-state index contributed by atoms with van der Waals surface area (Å²) in [6.45, 7) is 12.6. The van der Waals surface area contributed by atoms with Crippen LogP contribution < -0.4 is 15.4 Å². The Labute approximate surface area is 243 Å². The first-order valence-electron chi connectivity index (χ1n) is 14.6. The fraction of sp³-hybridized carbons (Fsp3) is 0.424. The molecule has 2 unspecified atom stereocenters. The molecule has 216 valence electrons. The summed E-state index contributed by atoms with van der Waals surface area (Å²) in [7, 11) is 1.99. The fourth-order valence-electron chi connectivity index (χ4n) is 5.59. The molecule has 0 radical (unpaired) electrons. The first kappa shape index (κ1) is 28.6. The topological polar surface area (TPSA) is 84.3 Å². The smallest absolute Gasteiger partial charge is 0.270 e. The fourth-order valence-corrected chi connectivity index (χ4v) is 5.59. The number of imidazole rings is 1. The van der Waals surface area contributed by atoms with Crippen LogP contribution in [0.15, 0.2) is 60.8 Å². The summed E-state index contributed by atoms with van der Waals surface area (Å²) in [5.41, 5.74) is 4.45. The molecule has 1 fully saturated rings.